The van der Waals surface area contributed by atoms with Crippen LogP contribution in [0.5, 0.6) is 11.5 Å². The lowest BCUT2D eigenvalue weighted by Gasteiger charge is -2.24. The van der Waals surface area contributed by atoms with Crippen molar-refractivity contribution in [1.29, 1.82) is 0 Å². The zero-order valence-electron chi connectivity index (χ0n) is 21.9. The Morgan fingerprint density at radius 2 is 1.35 bits per heavy atom. The van der Waals surface area contributed by atoms with Gasteiger partial charge in [0.05, 0.1) is 11.8 Å². The number of anilines is 1. The van der Waals surface area contributed by atoms with Gasteiger partial charge in [-0.2, -0.15) is 5.10 Å². The number of hydrazone groups is 1. The molecule has 1 unspecified atom stereocenters. The molecule has 0 fully saturated rings. The molecule has 5 aromatic rings. The largest absolute Gasteiger partial charge is 0.485 e. The van der Waals surface area contributed by atoms with Gasteiger partial charge in [0.2, 0.25) is 0 Å². The molecule has 1 aromatic heterocycles. The van der Waals surface area contributed by atoms with Crippen LogP contribution in [0, 0.1) is 0 Å². The smallest absolute Gasteiger partial charge is 0.162 e. The first kappa shape index (κ1) is 25.7. The number of pyridine rings is 1. The maximum Gasteiger partial charge on any atom is 0.162 e. The second-order valence-corrected chi connectivity index (χ2v) is 9.94. The zero-order chi connectivity index (χ0) is 27.1. The summed E-state index contributed by atoms with van der Waals surface area (Å²) in [6.45, 7) is 0.882. The molecule has 6 rings (SSSR count). The number of hydrogen-bond acceptors (Lipinski definition) is 5. The Labute approximate surface area is 239 Å². The van der Waals surface area contributed by atoms with E-state index in [1.165, 1.54) is 0 Å². The molecule has 0 aliphatic carbocycles. The Morgan fingerprint density at radius 3 is 2.02 bits per heavy atom. The molecule has 40 heavy (non-hydrogen) atoms. The van der Waals surface area contributed by atoms with Crippen molar-refractivity contribution in [3.63, 3.8) is 0 Å². The fraction of sp³-hybridized carbons (Fsp3) is 0.118. The van der Waals surface area contributed by atoms with Gasteiger partial charge < -0.3 is 9.47 Å². The quantitative estimate of drug-likeness (QED) is 0.187. The van der Waals surface area contributed by atoms with Gasteiger partial charge in [0, 0.05) is 23.2 Å². The van der Waals surface area contributed by atoms with Crippen LogP contribution in [0.2, 0.25) is 5.02 Å². The molecule has 0 saturated carbocycles. The van der Waals surface area contributed by atoms with Gasteiger partial charge in [-0.05, 0) is 47.0 Å². The summed E-state index contributed by atoms with van der Waals surface area (Å²) in [6, 6.07) is 40.0. The second-order valence-electron chi connectivity index (χ2n) is 9.53. The lowest BCUT2D eigenvalue weighted by atomic mass is 9.98. The van der Waals surface area contributed by atoms with E-state index in [1.54, 1.807) is 6.20 Å². The van der Waals surface area contributed by atoms with E-state index in [9.17, 15) is 0 Å². The molecule has 1 aliphatic rings. The first-order valence-corrected chi connectivity index (χ1v) is 13.6. The van der Waals surface area contributed by atoms with Crippen molar-refractivity contribution in [2.45, 2.75) is 25.7 Å². The molecule has 4 aromatic carbocycles. The van der Waals surface area contributed by atoms with Crippen LogP contribution in [0.4, 0.5) is 5.82 Å². The summed E-state index contributed by atoms with van der Waals surface area (Å²) < 4.78 is 12.6. The van der Waals surface area contributed by atoms with Gasteiger partial charge >= 0.3 is 0 Å². The van der Waals surface area contributed by atoms with Crippen LogP contribution in [-0.2, 0) is 13.2 Å². The summed E-state index contributed by atoms with van der Waals surface area (Å²) in [7, 11) is 0. The van der Waals surface area contributed by atoms with Gasteiger partial charge in [-0.1, -0.05) is 103 Å². The number of ether oxygens (including phenoxy) is 2. The van der Waals surface area contributed by atoms with Gasteiger partial charge in [0.1, 0.15) is 19.0 Å². The maximum atomic E-state index is 6.57. The number of nitrogens with zero attached hydrogens (tertiary/aromatic N) is 3. The minimum Gasteiger partial charge on any atom is -0.485 e. The molecule has 1 aliphatic heterocycles. The normalized spacial score (nSPS) is 14.6. The number of aromatic nitrogens is 1. The summed E-state index contributed by atoms with van der Waals surface area (Å²) in [5.41, 5.74) is 5.07. The van der Waals surface area contributed by atoms with E-state index in [0.29, 0.717) is 36.2 Å². The summed E-state index contributed by atoms with van der Waals surface area (Å²) in [4.78, 5) is 4.60. The molecule has 5 nitrogen and oxygen atoms in total. The molecule has 0 saturated heterocycles. The van der Waals surface area contributed by atoms with Crippen molar-refractivity contribution in [3.8, 4) is 11.5 Å². The van der Waals surface area contributed by atoms with Crippen LogP contribution in [0.3, 0.4) is 0 Å². The molecule has 0 radical (unpaired) electrons. The number of halogens is 1. The van der Waals surface area contributed by atoms with Gasteiger partial charge in [0.25, 0.3) is 0 Å². The fourth-order valence-corrected chi connectivity index (χ4v) is 5.01. The lowest BCUT2D eigenvalue weighted by molar-refractivity contribution is 0.255. The third-order valence-electron chi connectivity index (χ3n) is 6.81. The van der Waals surface area contributed by atoms with Gasteiger partial charge in [0.15, 0.2) is 11.5 Å². The monoisotopic (exact) mass is 545 g/mol. The Hall–Kier alpha value is -4.61. The minimum atomic E-state index is -0.0941. The van der Waals surface area contributed by atoms with E-state index in [1.807, 2.05) is 89.9 Å². The summed E-state index contributed by atoms with van der Waals surface area (Å²) in [6.07, 6.45) is 2.45. The third-order valence-corrected chi connectivity index (χ3v) is 7.14. The molecule has 2 heterocycles. The fourth-order valence-electron chi connectivity index (χ4n) is 4.76. The second kappa shape index (κ2) is 12.1. The lowest BCUT2D eigenvalue weighted by Crippen LogP contribution is -2.19. The SMILES string of the molecule is Clc1ccccc1C1=NN(c2ccccn2)C(c2ccc(OCc3ccccc3)c(OCc3ccccc3)c2)C1. The molecule has 0 spiro atoms. The summed E-state index contributed by atoms with van der Waals surface area (Å²) in [5, 5.41) is 7.65. The molecule has 0 amide bonds. The van der Waals surface area contributed by atoms with E-state index in [2.05, 4.69) is 41.4 Å². The molecular weight excluding hydrogens is 518 g/mol. The standard InChI is InChI=1S/C34H28ClN3O2/c35-29-16-8-7-15-28(29)30-22-31(38(37-30)34-17-9-10-20-36-34)27-18-19-32(39-23-25-11-3-1-4-12-25)33(21-27)40-24-26-13-5-2-6-14-26/h1-21,31H,22-24H2. The van der Waals surface area contributed by atoms with E-state index in [0.717, 1.165) is 33.8 Å². The van der Waals surface area contributed by atoms with Crippen LogP contribution in [-0.4, -0.2) is 10.7 Å². The van der Waals surface area contributed by atoms with Gasteiger partial charge in [-0.3, -0.25) is 0 Å². The predicted molar refractivity (Wildman–Crippen MR) is 160 cm³/mol. The van der Waals surface area contributed by atoms with Crippen molar-refractivity contribution in [1.82, 2.24) is 4.98 Å². The highest BCUT2D eigenvalue weighted by atomic mass is 35.5. The molecule has 1 atom stereocenters. The van der Waals surface area contributed by atoms with E-state index >= 15 is 0 Å². The van der Waals surface area contributed by atoms with E-state index in [-0.39, 0.29) is 6.04 Å². The van der Waals surface area contributed by atoms with Crippen molar-refractivity contribution >= 4 is 23.1 Å². The molecule has 6 heteroatoms. The van der Waals surface area contributed by atoms with Crippen molar-refractivity contribution < 1.29 is 9.47 Å². The highest BCUT2D eigenvalue weighted by Gasteiger charge is 2.32. The zero-order valence-corrected chi connectivity index (χ0v) is 22.6. The maximum absolute atomic E-state index is 6.57. The van der Waals surface area contributed by atoms with Crippen molar-refractivity contribution in [2.75, 3.05) is 5.01 Å². The molecule has 198 valence electrons. The Balaban J connectivity index is 1.33. The Bertz CT molecular complexity index is 1590. The number of rotatable bonds is 9. The molecule has 0 N–H and O–H groups in total. The van der Waals surface area contributed by atoms with Crippen molar-refractivity contribution in [3.05, 3.63) is 155 Å². The average Bonchev–Trinajstić information content (AvgIpc) is 3.46. The highest BCUT2D eigenvalue weighted by molar-refractivity contribution is 6.34. The number of hydrogen-bond donors (Lipinski definition) is 0. The Morgan fingerprint density at radius 1 is 0.700 bits per heavy atom. The van der Waals surface area contributed by atoms with Gasteiger partial charge in [-0.25, -0.2) is 9.99 Å². The van der Waals surface area contributed by atoms with Crippen LogP contribution in [0.25, 0.3) is 0 Å². The van der Waals surface area contributed by atoms with Crippen molar-refractivity contribution in [2.24, 2.45) is 5.10 Å². The summed E-state index contributed by atoms with van der Waals surface area (Å²) >= 11 is 6.57. The topological polar surface area (TPSA) is 47.0 Å². The first-order valence-electron chi connectivity index (χ1n) is 13.2. The predicted octanol–water partition coefficient (Wildman–Crippen LogP) is 8.25. The Kier molecular flexibility index (Phi) is 7.73. The summed E-state index contributed by atoms with van der Waals surface area (Å²) in [5.74, 6) is 2.15. The van der Waals surface area contributed by atoms with E-state index < -0.39 is 0 Å². The highest BCUT2D eigenvalue weighted by Crippen LogP contribution is 2.40. The minimum absolute atomic E-state index is 0.0941. The average molecular weight is 546 g/mol. The third kappa shape index (κ3) is 5.85. The van der Waals surface area contributed by atoms with Crippen LogP contribution >= 0.6 is 11.6 Å². The van der Waals surface area contributed by atoms with Crippen LogP contribution < -0.4 is 14.5 Å². The number of benzene rings is 4. The van der Waals surface area contributed by atoms with Crippen LogP contribution in [0.15, 0.2) is 133 Å². The van der Waals surface area contributed by atoms with Gasteiger partial charge in [-0.15, -0.1) is 0 Å². The van der Waals surface area contributed by atoms with E-state index in [4.69, 9.17) is 26.2 Å². The molecule has 0 bridgehead atoms. The van der Waals surface area contributed by atoms with Crippen LogP contribution in [0.1, 0.15) is 34.7 Å². The molecular formula is C34H28ClN3O2. The first-order chi connectivity index (χ1) is 19.7.